The number of nitrogens with one attached hydrogen (secondary N) is 1. The molecule has 0 radical (unpaired) electrons. The van der Waals surface area contributed by atoms with E-state index in [0.717, 1.165) is 16.3 Å². The number of benzene rings is 4. The number of hydrogen-bond acceptors (Lipinski definition) is 5. The van der Waals surface area contributed by atoms with Gasteiger partial charge >= 0.3 is 0 Å². The average Bonchev–Trinajstić information content (AvgIpc) is 2.85. The molecule has 0 aliphatic carbocycles. The van der Waals surface area contributed by atoms with Crippen molar-refractivity contribution in [2.45, 2.75) is 13.5 Å². The van der Waals surface area contributed by atoms with Crippen LogP contribution < -0.4 is 14.9 Å². The Morgan fingerprint density at radius 3 is 2.66 bits per heavy atom. The van der Waals surface area contributed by atoms with Crippen LogP contribution in [0.15, 0.2) is 86.8 Å². The molecule has 0 unspecified atom stereocenters. The van der Waals surface area contributed by atoms with Crippen molar-refractivity contribution in [3.63, 3.8) is 0 Å². The predicted octanol–water partition coefficient (Wildman–Crippen LogP) is 6.81. The molecule has 4 aromatic rings. The summed E-state index contributed by atoms with van der Waals surface area (Å²) in [5.41, 5.74) is 4.30. The van der Waals surface area contributed by atoms with E-state index >= 15 is 0 Å². The van der Waals surface area contributed by atoms with Crippen molar-refractivity contribution < 1.29 is 19.4 Å². The van der Waals surface area contributed by atoms with Crippen molar-refractivity contribution in [3.8, 4) is 17.2 Å². The van der Waals surface area contributed by atoms with E-state index in [0.29, 0.717) is 39.2 Å². The topological polar surface area (TPSA) is 80.2 Å². The molecular formula is C27H22Br2N2O4. The molecule has 35 heavy (non-hydrogen) atoms. The van der Waals surface area contributed by atoms with Crippen LogP contribution >= 0.6 is 31.9 Å². The summed E-state index contributed by atoms with van der Waals surface area (Å²) in [4.78, 5) is 12.4. The molecule has 0 aliphatic rings. The van der Waals surface area contributed by atoms with Crippen LogP contribution in [-0.4, -0.2) is 23.8 Å². The summed E-state index contributed by atoms with van der Waals surface area (Å²) in [6, 6.07) is 22.5. The maximum atomic E-state index is 12.4. The summed E-state index contributed by atoms with van der Waals surface area (Å²) < 4.78 is 13.4. The lowest BCUT2D eigenvalue weighted by atomic mass is 10.1. The van der Waals surface area contributed by atoms with Gasteiger partial charge in [-0.2, -0.15) is 5.10 Å². The highest BCUT2D eigenvalue weighted by Crippen LogP contribution is 2.37. The lowest BCUT2D eigenvalue weighted by Gasteiger charge is -2.15. The van der Waals surface area contributed by atoms with E-state index in [4.69, 9.17) is 9.47 Å². The van der Waals surface area contributed by atoms with E-state index in [1.54, 1.807) is 12.1 Å². The molecule has 0 spiro atoms. The molecule has 1 amide bonds. The quantitative estimate of drug-likeness (QED) is 0.173. The summed E-state index contributed by atoms with van der Waals surface area (Å²) in [5, 5.41) is 16.2. The predicted molar refractivity (Wildman–Crippen MR) is 144 cm³/mol. The Morgan fingerprint density at radius 2 is 1.83 bits per heavy atom. The molecule has 0 saturated heterocycles. The minimum atomic E-state index is -0.529. The van der Waals surface area contributed by atoms with Crippen LogP contribution in [0.3, 0.4) is 0 Å². The van der Waals surface area contributed by atoms with Crippen molar-refractivity contribution in [2.75, 3.05) is 6.61 Å². The molecule has 4 rings (SSSR count). The van der Waals surface area contributed by atoms with Crippen LogP contribution in [-0.2, 0) is 6.61 Å². The number of carbonyl (C=O) groups excluding carboxylic acids is 1. The number of hydrazone groups is 1. The number of phenols is 1. The molecular weight excluding hydrogens is 576 g/mol. The summed E-state index contributed by atoms with van der Waals surface area (Å²) >= 11 is 6.86. The van der Waals surface area contributed by atoms with Crippen LogP contribution in [0.4, 0.5) is 0 Å². The molecule has 0 heterocycles. The molecule has 178 valence electrons. The number of amides is 1. The molecule has 8 heteroatoms. The fourth-order valence-electron chi connectivity index (χ4n) is 3.55. The molecule has 4 aromatic carbocycles. The largest absolute Gasteiger partial charge is 0.507 e. The summed E-state index contributed by atoms with van der Waals surface area (Å²) in [5.74, 6) is 0.480. The first-order valence-electron chi connectivity index (χ1n) is 10.8. The standard InChI is InChI=1S/C27H22Br2N2O4/c1-2-34-25-13-17(15-30-31-27(33)22-14-20(28)10-11-24(22)32)12-23(29)26(25)35-16-19-8-5-7-18-6-3-4-9-21(18)19/h3-15,32H,2,16H2,1H3,(H,31,33)/b30-15-. The van der Waals surface area contributed by atoms with Gasteiger partial charge in [-0.25, -0.2) is 5.43 Å². The number of aromatic hydroxyl groups is 1. The van der Waals surface area contributed by atoms with Gasteiger partial charge in [0.15, 0.2) is 11.5 Å². The minimum Gasteiger partial charge on any atom is -0.507 e. The lowest BCUT2D eigenvalue weighted by molar-refractivity contribution is 0.0952. The van der Waals surface area contributed by atoms with Crippen molar-refractivity contribution in [2.24, 2.45) is 5.10 Å². The number of rotatable bonds is 8. The van der Waals surface area contributed by atoms with Crippen molar-refractivity contribution in [1.29, 1.82) is 0 Å². The summed E-state index contributed by atoms with van der Waals surface area (Å²) in [6.45, 7) is 2.73. The molecule has 0 atom stereocenters. The zero-order valence-corrected chi connectivity index (χ0v) is 22.0. The molecule has 0 aliphatic heterocycles. The number of fused-ring (bicyclic) bond motifs is 1. The van der Waals surface area contributed by atoms with Gasteiger partial charge in [-0.15, -0.1) is 0 Å². The number of hydrogen-bond donors (Lipinski definition) is 2. The molecule has 2 N–H and O–H groups in total. The van der Waals surface area contributed by atoms with Gasteiger partial charge in [-0.1, -0.05) is 58.4 Å². The average molecular weight is 598 g/mol. The second-order valence-corrected chi connectivity index (χ2v) is 9.32. The van der Waals surface area contributed by atoms with E-state index in [2.05, 4.69) is 60.6 Å². The van der Waals surface area contributed by atoms with Gasteiger partial charge in [0.05, 0.1) is 22.9 Å². The first-order chi connectivity index (χ1) is 17.0. The second kappa shape index (κ2) is 11.4. The monoisotopic (exact) mass is 596 g/mol. The number of nitrogens with zero attached hydrogens (tertiary/aromatic N) is 1. The Bertz CT molecular complexity index is 1400. The number of ether oxygens (including phenoxy) is 2. The molecule has 0 fully saturated rings. The van der Waals surface area contributed by atoms with Gasteiger partial charge in [0.25, 0.3) is 5.91 Å². The fraction of sp³-hybridized carbons (Fsp3) is 0.111. The van der Waals surface area contributed by atoms with E-state index in [9.17, 15) is 9.90 Å². The maximum Gasteiger partial charge on any atom is 0.275 e. The van der Waals surface area contributed by atoms with E-state index in [-0.39, 0.29) is 11.3 Å². The highest BCUT2D eigenvalue weighted by molar-refractivity contribution is 9.10. The Labute approximate surface area is 219 Å². The third-order valence-electron chi connectivity index (χ3n) is 5.17. The fourth-order valence-corrected chi connectivity index (χ4v) is 4.48. The minimum absolute atomic E-state index is 0.116. The number of halogens is 2. The third kappa shape index (κ3) is 6.01. The SMILES string of the molecule is CCOc1cc(/C=N\NC(=O)c2cc(Br)ccc2O)cc(Br)c1OCc1cccc2ccccc12. The Hall–Kier alpha value is -3.36. The molecule has 0 bridgehead atoms. The summed E-state index contributed by atoms with van der Waals surface area (Å²) in [6.07, 6.45) is 1.49. The number of carbonyl (C=O) groups is 1. The Morgan fingerprint density at radius 1 is 1.03 bits per heavy atom. The van der Waals surface area contributed by atoms with Crippen LogP contribution in [0.5, 0.6) is 17.2 Å². The first kappa shape index (κ1) is 24.8. The van der Waals surface area contributed by atoms with Crippen LogP contribution in [0.1, 0.15) is 28.4 Å². The van der Waals surface area contributed by atoms with Gasteiger partial charge in [0.2, 0.25) is 0 Å². The van der Waals surface area contributed by atoms with Gasteiger partial charge in [-0.3, -0.25) is 4.79 Å². The zero-order chi connectivity index (χ0) is 24.8. The van der Waals surface area contributed by atoms with Gasteiger partial charge in [0.1, 0.15) is 12.4 Å². The van der Waals surface area contributed by atoms with E-state index < -0.39 is 5.91 Å². The maximum absolute atomic E-state index is 12.4. The second-order valence-electron chi connectivity index (χ2n) is 7.55. The van der Waals surface area contributed by atoms with E-state index in [1.807, 2.05) is 37.3 Å². The van der Waals surface area contributed by atoms with Crippen LogP contribution in [0.25, 0.3) is 10.8 Å². The van der Waals surface area contributed by atoms with Crippen LogP contribution in [0.2, 0.25) is 0 Å². The number of phenolic OH excluding ortho intramolecular Hbond substituents is 1. The van der Waals surface area contributed by atoms with Crippen molar-refractivity contribution >= 4 is 54.8 Å². The Balaban J connectivity index is 1.51. The summed E-state index contributed by atoms with van der Waals surface area (Å²) in [7, 11) is 0. The first-order valence-corrected chi connectivity index (χ1v) is 12.4. The highest BCUT2D eigenvalue weighted by atomic mass is 79.9. The van der Waals surface area contributed by atoms with Gasteiger partial charge in [-0.05, 0) is 75.1 Å². The smallest absolute Gasteiger partial charge is 0.275 e. The normalized spacial score (nSPS) is 11.1. The molecule has 0 saturated carbocycles. The zero-order valence-electron chi connectivity index (χ0n) is 18.8. The van der Waals surface area contributed by atoms with Crippen LogP contribution in [0, 0.1) is 0 Å². The molecule has 0 aromatic heterocycles. The van der Waals surface area contributed by atoms with Crippen molar-refractivity contribution in [1.82, 2.24) is 5.43 Å². The van der Waals surface area contributed by atoms with Crippen molar-refractivity contribution in [3.05, 3.63) is 98.4 Å². The third-order valence-corrected chi connectivity index (χ3v) is 6.25. The Kier molecular flexibility index (Phi) is 8.05. The highest BCUT2D eigenvalue weighted by Gasteiger charge is 2.14. The molecule has 6 nitrogen and oxygen atoms in total. The van der Waals surface area contributed by atoms with E-state index in [1.165, 1.54) is 18.3 Å². The van der Waals surface area contributed by atoms with Gasteiger partial charge < -0.3 is 14.6 Å². The van der Waals surface area contributed by atoms with Gasteiger partial charge in [0, 0.05) is 4.47 Å². The lowest BCUT2D eigenvalue weighted by Crippen LogP contribution is -2.17.